The number of nitro groups is 1. The predicted molar refractivity (Wildman–Crippen MR) is 93.1 cm³/mol. The largest absolute Gasteiger partial charge is 0.366 e. The van der Waals surface area contributed by atoms with Crippen molar-refractivity contribution in [3.63, 3.8) is 0 Å². The van der Waals surface area contributed by atoms with E-state index in [0.717, 1.165) is 5.56 Å². The number of nitrogens with two attached hydrogens (primary N) is 1. The maximum Gasteiger partial charge on any atom is 0.296 e. The molecule has 0 spiro atoms. The van der Waals surface area contributed by atoms with Gasteiger partial charge in [0.05, 0.1) is 11.3 Å². The van der Waals surface area contributed by atoms with E-state index in [0.29, 0.717) is 24.2 Å². The lowest BCUT2D eigenvalue weighted by Gasteiger charge is -2.13. The number of carbonyl (C=O) groups is 2. The van der Waals surface area contributed by atoms with Gasteiger partial charge >= 0.3 is 0 Å². The summed E-state index contributed by atoms with van der Waals surface area (Å²) in [5.74, 6) is -0.788. The molecule has 25 heavy (non-hydrogen) atoms. The predicted octanol–water partition coefficient (Wildman–Crippen LogP) is 2.49. The van der Waals surface area contributed by atoms with Gasteiger partial charge in [-0.25, -0.2) is 0 Å². The number of carbonyl (C=O) groups excluding carboxylic acids is 2. The zero-order valence-corrected chi connectivity index (χ0v) is 13.5. The average Bonchev–Trinajstić information content (AvgIpc) is 2.93. The molecule has 1 aliphatic rings. The number of nitrogens with zero attached hydrogens (tertiary/aromatic N) is 1. The summed E-state index contributed by atoms with van der Waals surface area (Å²) >= 11 is 0. The van der Waals surface area contributed by atoms with Gasteiger partial charge in [-0.2, -0.15) is 0 Å². The number of benzene rings is 2. The Bertz CT molecular complexity index is 908. The number of anilines is 3. The number of hydrogen-bond acceptors (Lipinski definition) is 5. The van der Waals surface area contributed by atoms with E-state index in [1.54, 1.807) is 25.1 Å². The van der Waals surface area contributed by atoms with Gasteiger partial charge in [-0.05, 0) is 36.2 Å². The van der Waals surface area contributed by atoms with Crippen molar-refractivity contribution in [2.75, 3.05) is 10.6 Å². The van der Waals surface area contributed by atoms with Crippen LogP contribution in [-0.2, 0) is 17.6 Å². The van der Waals surface area contributed by atoms with Gasteiger partial charge in [0.2, 0.25) is 11.8 Å². The molecule has 0 atom stereocenters. The second-order valence-electron chi connectivity index (χ2n) is 5.68. The first-order chi connectivity index (χ1) is 11.9. The van der Waals surface area contributed by atoms with E-state index in [-0.39, 0.29) is 28.4 Å². The third kappa shape index (κ3) is 3.01. The molecule has 3 rings (SSSR count). The molecule has 0 aromatic heterocycles. The molecule has 0 aliphatic carbocycles. The Hall–Kier alpha value is -3.42. The Morgan fingerprint density at radius 2 is 2.12 bits per heavy atom. The van der Waals surface area contributed by atoms with E-state index in [1.165, 1.54) is 12.1 Å². The zero-order valence-electron chi connectivity index (χ0n) is 13.5. The highest BCUT2D eigenvalue weighted by molar-refractivity contribution is 6.00. The lowest BCUT2D eigenvalue weighted by atomic mass is 10.0. The minimum Gasteiger partial charge on any atom is -0.366 e. The van der Waals surface area contributed by atoms with Gasteiger partial charge in [-0.1, -0.05) is 13.0 Å². The van der Waals surface area contributed by atoms with Crippen LogP contribution in [0.5, 0.6) is 0 Å². The third-order valence-electron chi connectivity index (χ3n) is 4.10. The summed E-state index contributed by atoms with van der Waals surface area (Å²) in [4.78, 5) is 34.0. The van der Waals surface area contributed by atoms with Crippen LogP contribution in [-0.4, -0.2) is 16.7 Å². The van der Waals surface area contributed by atoms with Crippen LogP contribution >= 0.6 is 0 Å². The van der Waals surface area contributed by atoms with Gasteiger partial charge < -0.3 is 16.4 Å². The molecule has 0 fully saturated rings. The number of nitro benzene ring substituents is 1. The van der Waals surface area contributed by atoms with Crippen molar-refractivity contribution in [3.05, 3.63) is 57.1 Å². The number of fused-ring (bicyclic) bond motifs is 1. The number of hydrogen-bond donors (Lipinski definition) is 3. The molecule has 2 aromatic rings. The van der Waals surface area contributed by atoms with E-state index in [2.05, 4.69) is 10.6 Å². The molecular formula is C17H16N4O4. The van der Waals surface area contributed by atoms with Crippen LogP contribution in [0.1, 0.15) is 28.4 Å². The summed E-state index contributed by atoms with van der Waals surface area (Å²) in [5.41, 5.74) is 7.98. The van der Waals surface area contributed by atoms with Crippen molar-refractivity contribution >= 4 is 34.6 Å². The molecule has 0 saturated carbocycles. The molecule has 1 aliphatic heterocycles. The van der Waals surface area contributed by atoms with E-state index >= 15 is 0 Å². The van der Waals surface area contributed by atoms with Crippen molar-refractivity contribution in [2.45, 2.75) is 19.8 Å². The summed E-state index contributed by atoms with van der Waals surface area (Å²) in [7, 11) is 0. The average molecular weight is 340 g/mol. The molecule has 0 unspecified atom stereocenters. The van der Waals surface area contributed by atoms with Crippen LogP contribution in [0.15, 0.2) is 30.3 Å². The maximum atomic E-state index is 11.6. The molecule has 0 bridgehead atoms. The van der Waals surface area contributed by atoms with Gasteiger partial charge in [0.1, 0.15) is 5.69 Å². The first kappa shape index (κ1) is 16.4. The Labute approximate surface area is 143 Å². The van der Waals surface area contributed by atoms with Crippen LogP contribution in [0.3, 0.4) is 0 Å². The number of primary amides is 1. The Kier molecular flexibility index (Phi) is 4.10. The minimum atomic E-state index is -0.702. The van der Waals surface area contributed by atoms with Crippen molar-refractivity contribution in [2.24, 2.45) is 5.73 Å². The molecule has 8 nitrogen and oxygen atoms in total. The summed E-state index contributed by atoms with van der Waals surface area (Å²) in [5, 5.41) is 17.3. The smallest absolute Gasteiger partial charge is 0.296 e. The second kappa shape index (κ2) is 6.23. The van der Waals surface area contributed by atoms with Crippen LogP contribution in [0, 0.1) is 10.1 Å². The first-order valence-electron chi connectivity index (χ1n) is 7.70. The van der Waals surface area contributed by atoms with Gasteiger partial charge in [-0.3, -0.25) is 19.7 Å². The summed E-state index contributed by atoms with van der Waals surface area (Å²) in [6.45, 7) is 1.73. The Balaban J connectivity index is 2.03. The summed E-state index contributed by atoms with van der Waals surface area (Å²) in [6.07, 6.45) is 0.618. The SMILES string of the molecule is CCc1c(C(N)=O)ccc(Nc2ccc3c(c2)NC(=O)C3)c1[N+](=O)[O-]. The van der Waals surface area contributed by atoms with E-state index in [4.69, 9.17) is 5.73 Å². The highest BCUT2D eigenvalue weighted by Crippen LogP contribution is 2.35. The number of amides is 2. The molecule has 2 amide bonds. The number of nitrogens with one attached hydrogen (secondary N) is 2. The third-order valence-corrected chi connectivity index (χ3v) is 4.10. The van der Waals surface area contributed by atoms with Crippen LogP contribution in [0.25, 0.3) is 0 Å². The monoisotopic (exact) mass is 340 g/mol. The molecule has 0 saturated heterocycles. The molecule has 4 N–H and O–H groups in total. The lowest BCUT2D eigenvalue weighted by Crippen LogP contribution is -2.15. The molecule has 1 heterocycles. The van der Waals surface area contributed by atoms with Crippen molar-refractivity contribution in [3.8, 4) is 0 Å². The summed E-state index contributed by atoms with van der Waals surface area (Å²) in [6, 6.07) is 8.20. The normalized spacial score (nSPS) is 12.4. The fourth-order valence-electron chi connectivity index (χ4n) is 2.98. The van der Waals surface area contributed by atoms with E-state index in [9.17, 15) is 19.7 Å². The zero-order chi connectivity index (χ0) is 18.1. The van der Waals surface area contributed by atoms with Crippen LogP contribution < -0.4 is 16.4 Å². The molecule has 8 heteroatoms. The Morgan fingerprint density at radius 3 is 2.76 bits per heavy atom. The highest BCUT2D eigenvalue weighted by Gasteiger charge is 2.25. The maximum absolute atomic E-state index is 11.6. The molecule has 0 radical (unpaired) electrons. The summed E-state index contributed by atoms with van der Waals surface area (Å²) < 4.78 is 0. The Morgan fingerprint density at radius 1 is 1.36 bits per heavy atom. The van der Waals surface area contributed by atoms with Gasteiger partial charge in [0.15, 0.2) is 0 Å². The van der Waals surface area contributed by atoms with Crippen LogP contribution in [0.4, 0.5) is 22.7 Å². The lowest BCUT2D eigenvalue weighted by molar-refractivity contribution is -0.384. The highest BCUT2D eigenvalue weighted by atomic mass is 16.6. The fourth-order valence-corrected chi connectivity index (χ4v) is 2.98. The van der Waals surface area contributed by atoms with Gasteiger partial charge in [0.25, 0.3) is 5.69 Å². The first-order valence-corrected chi connectivity index (χ1v) is 7.70. The minimum absolute atomic E-state index is 0.0859. The molecule has 2 aromatic carbocycles. The number of rotatable bonds is 5. The molecule has 128 valence electrons. The molecular weight excluding hydrogens is 324 g/mol. The van der Waals surface area contributed by atoms with Crippen molar-refractivity contribution in [1.29, 1.82) is 0 Å². The quantitative estimate of drug-likeness (QED) is 0.569. The standard InChI is InChI=1S/C17H16N4O4/c1-2-11-12(17(18)23)5-6-13(16(11)21(24)25)19-10-4-3-9-7-15(22)20-14(9)8-10/h3-6,8,19H,2,7H2,1H3,(H2,18,23)(H,20,22). The topological polar surface area (TPSA) is 127 Å². The van der Waals surface area contributed by atoms with Crippen LogP contribution in [0.2, 0.25) is 0 Å². The van der Waals surface area contributed by atoms with E-state index in [1.807, 2.05) is 0 Å². The second-order valence-corrected chi connectivity index (χ2v) is 5.68. The van der Waals surface area contributed by atoms with Gasteiger partial charge in [0, 0.05) is 22.5 Å². The van der Waals surface area contributed by atoms with Gasteiger partial charge in [-0.15, -0.1) is 0 Å². The van der Waals surface area contributed by atoms with E-state index < -0.39 is 10.8 Å². The fraction of sp³-hybridized carbons (Fsp3) is 0.176. The van der Waals surface area contributed by atoms with Crippen molar-refractivity contribution < 1.29 is 14.5 Å². The van der Waals surface area contributed by atoms with Crippen molar-refractivity contribution in [1.82, 2.24) is 0 Å².